The fourth-order valence-electron chi connectivity index (χ4n) is 7.17. The molecule has 0 radical (unpaired) electrons. The van der Waals surface area contributed by atoms with Gasteiger partial charge in [-0.1, -0.05) is 158 Å². The zero-order valence-electron chi connectivity index (χ0n) is 29.9. The second-order valence-corrected chi connectivity index (χ2v) is 15.0. The highest BCUT2D eigenvalue weighted by Crippen LogP contribution is 2.42. The molecule has 5 nitrogen and oxygen atoms in total. The Hall–Kier alpha value is -6.80. The summed E-state index contributed by atoms with van der Waals surface area (Å²) >= 11 is 6.77. The van der Waals surface area contributed by atoms with Crippen LogP contribution in [0.3, 0.4) is 0 Å². The summed E-state index contributed by atoms with van der Waals surface area (Å²) in [6.45, 7) is 0. The second kappa shape index (κ2) is 14.5. The third kappa shape index (κ3) is 6.33. The number of thiol groups is 1. The SMILES string of the molecule is Sc1cccc(-c2nc(-c3ccccc3)nc(-c3ccccc3)n2)c1-c1cccc(-c2nc(-c3cccc(-c4ccccc4)c3)nc3c2sc2ccccc23)c1. The first kappa shape index (κ1) is 33.7. The first-order valence-corrected chi connectivity index (χ1v) is 19.6. The highest BCUT2D eigenvalue weighted by Gasteiger charge is 2.20. The van der Waals surface area contributed by atoms with E-state index < -0.39 is 0 Å². The van der Waals surface area contributed by atoms with Gasteiger partial charge in [-0.3, -0.25) is 0 Å². The Bertz CT molecular complexity index is 2980. The highest BCUT2D eigenvalue weighted by molar-refractivity contribution is 7.80. The van der Waals surface area contributed by atoms with Crippen LogP contribution in [0.1, 0.15) is 0 Å². The van der Waals surface area contributed by atoms with Crippen molar-refractivity contribution < 1.29 is 0 Å². The maximum atomic E-state index is 5.35. The van der Waals surface area contributed by atoms with Gasteiger partial charge in [0.25, 0.3) is 0 Å². The van der Waals surface area contributed by atoms with E-state index >= 15 is 0 Å². The van der Waals surface area contributed by atoms with Crippen LogP contribution in [0, 0.1) is 0 Å². The van der Waals surface area contributed by atoms with Crippen LogP contribution in [0.25, 0.3) is 99.4 Å². The number of rotatable bonds is 7. The summed E-state index contributed by atoms with van der Waals surface area (Å²) in [6, 6.07) is 62.0. The van der Waals surface area contributed by atoms with Gasteiger partial charge in [-0.25, -0.2) is 24.9 Å². The molecule has 0 spiro atoms. The standard InChI is InChI=1S/C49H31N5S2/c55-40-27-14-26-39(49-53-46(32-17-6-2-7-18-32)52-47(54-49)33-19-8-3-9-20-33)42(40)35-22-13-23-36(30-35)43-45-44(38-25-10-11-28-41(38)56-45)51-48(50-43)37-24-12-21-34(29-37)31-15-4-1-5-16-31/h1-30,55H. The smallest absolute Gasteiger partial charge is 0.164 e. The van der Waals surface area contributed by atoms with Crippen molar-refractivity contribution in [1.29, 1.82) is 0 Å². The Kier molecular flexibility index (Phi) is 8.71. The molecule has 0 amide bonds. The van der Waals surface area contributed by atoms with Crippen molar-refractivity contribution in [3.05, 3.63) is 182 Å². The van der Waals surface area contributed by atoms with Gasteiger partial charge in [-0.15, -0.1) is 24.0 Å². The van der Waals surface area contributed by atoms with Crippen LogP contribution < -0.4 is 0 Å². The number of thiophene rings is 1. The quantitative estimate of drug-likeness (QED) is 0.164. The van der Waals surface area contributed by atoms with Crippen LogP contribution in [0.4, 0.5) is 0 Å². The average molecular weight is 754 g/mol. The van der Waals surface area contributed by atoms with Crippen molar-refractivity contribution in [1.82, 2.24) is 24.9 Å². The van der Waals surface area contributed by atoms with E-state index in [0.29, 0.717) is 23.3 Å². The fraction of sp³-hybridized carbons (Fsp3) is 0. The lowest BCUT2D eigenvalue weighted by molar-refractivity contribution is 1.07. The molecule has 10 aromatic rings. The molecule has 3 heterocycles. The second-order valence-electron chi connectivity index (χ2n) is 13.4. The Balaban J connectivity index is 1.15. The Morgan fingerprint density at radius 2 is 0.893 bits per heavy atom. The first-order valence-electron chi connectivity index (χ1n) is 18.3. The van der Waals surface area contributed by atoms with E-state index in [9.17, 15) is 0 Å². The number of hydrogen-bond donors (Lipinski definition) is 1. The minimum atomic E-state index is 0.573. The summed E-state index contributed by atoms with van der Waals surface area (Å²) in [5.74, 6) is 2.47. The van der Waals surface area contributed by atoms with Crippen LogP contribution in [0.15, 0.2) is 187 Å². The third-order valence-electron chi connectivity index (χ3n) is 9.86. The predicted molar refractivity (Wildman–Crippen MR) is 234 cm³/mol. The van der Waals surface area contributed by atoms with Crippen LogP contribution in [0.2, 0.25) is 0 Å². The van der Waals surface area contributed by atoms with Gasteiger partial charge in [-0.05, 0) is 41.0 Å². The lowest BCUT2D eigenvalue weighted by Crippen LogP contribution is -2.01. The molecule has 0 N–H and O–H groups in total. The summed E-state index contributed by atoms with van der Waals surface area (Å²) in [6.07, 6.45) is 0. The molecule has 0 aliphatic rings. The molecule has 264 valence electrons. The van der Waals surface area contributed by atoms with Crippen LogP contribution >= 0.6 is 24.0 Å². The van der Waals surface area contributed by atoms with Crippen molar-refractivity contribution in [3.63, 3.8) is 0 Å². The van der Waals surface area contributed by atoms with Crippen LogP contribution in [0.5, 0.6) is 0 Å². The Morgan fingerprint density at radius 1 is 0.375 bits per heavy atom. The largest absolute Gasteiger partial charge is 0.226 e. The number of benzene rings is 7. The maximum Gasteiger partial charge on any atom is 0.164 e. The van der Waals surface area contributed by atoms with Crippen molar-refractivity contribution in [2.24, 2.45) is 0 Å². The molecule has 0 unspecified atom stereocenters. The van der Waals surface area contributed by atoms with E-state index in [4.69, 9.17) is 37.5 Å². The lowest BCUT2D eigenvalue weighted by Gasteiger charge is -2.15. The van der Waals surface area contributed by atoms with Gasteiger partial charge in [0, 0.05) is 48.4 Å². The molecule has 0 aliphatic heterocycles. The van der Waals surface area contributed by atoms with Gasteiger partial charge in [0.15, 0.2) is 23.3 Å². The average Bonchev–Trinajstić information content (AvgIpc) is 3.65. The zero-order chi connectivity index (χ0) is 37.4. The summed E-state index contributed by atoms with van der Waals surface area (Å²) in [4.78, 5) is 26.5. The lowest BCUT2D eigenvalue weighted by atomic mass is 9.96. The van der Waals surface area contributed by atoms with Gasteiger partial charge in [0.2, 0.25) is 0 Å². The van der Waals surface area contributed by atoms with Crippen molar-refractivity contribution >= 4 is 44.3 Å². The van der Waals surface area contributed by atoms with Gasteiger partial charge in [-0.2, -0.15) is 0 Å². The van der Waals surface area contributed by atoms with E-state index in [1.54, 1.807) is 11.3 Å². The molecule has 0 saturated heterocycles. The van der Waals surface area contributed by atoms with Gasteiger partial charge >= 0.3 is 0 Å². The molecular formula is C49H31N5S2. The molecule has 0 saturated carbocycles. The summed E-state index contributed by atoms with van der Waals surface area (Å²) in [5, 5.41) is 1.12. The first-order chi connectivity index (χ1) is 27.7. The summed E-state index contributed by atoms with van der Waals surface area (Å²) < 4.78 is 2.22. The minimum Gasteiger partial charge on any atom is -0.226 e. The predicted octanol–water partition coefficient (Wildman–Crippen LogP) is 13.0. The van der Waals surface area contributed by atoms with Gasteiger partial charge in [0.05, 0.1) is 15.9 Å². The maximum absolute atomic E-state index is 5.35. The fourth-order valence-corrected chi connectivity index (χ4v) is 8.65. The molecule has 0 aliphatic carbocycles. The number of hydrogen-bond acceptors (Lipinski definition) is 7. The molecule has 10 rings (SSSR count). The van der Waals surface area contributed by atoms with Gasteiger partial charge in [0.1, 0.15) is 0 Å². The van der Waals surface area contributed by atoms with Crippen molar-refractivity contribution in [3.8, 4) is 79.1 Å². The van der Waals surface area contributed by atoms with E-state index in [-0.39, 0.29) is 0 Å². The number of nitrogens with zero attached hydrogens (tertiary/aromatic N) is 5. The molecule has 0 fully saturated rings. The minimum absolute atomic E-state index is 0.573. The topological polar surface area (TPSA) is 64.5 Å². The summed E-state index contributed by atoms with van der Waals surface area (Å²) in [5.41, 5.74) is 10.6. The Morgan fingerprint density at radius 3 is 1.61 bits per heavy atom. The number of aromatic nitrogens is 5. The molecule has 0 atom stereocenters. The third-order valence-corrected chi connectivity index (χ3v) is 11.4. The monoisotopic (exact) mass is 753 g/mol. The highest BCUT2D eigenvalue weighted by atomic mass is 32.1. The van der Waals surface area contributed by atoms with E-state index in [2.05, 4.69) is 103 Å². The van der Waals surface area contributed by atoms with Crippen LogP contribution in [-0.4, -0.2) is 24.9 Å². The van der Waals surface area contributed by atoms with Crippen LogP contribution in [-0.2, 0) is 0 Å². The van der Waals surface area contributed by atoms with E-state index in [1.807, 2.05) is 78.9 Å². The van der Waals surface area contributed by atoms with Crippen molar-refractivity contribution in [2.75, 3.05) is 0 Å². The normalized spacial score (nSPS) is 11.3. The number of fused-ring (bicyclic) bond motifs is 3. The van der Waals surface area contributed by atoms with Crippen molar-refractivity contribution in [2.45, 2.75) is 4.90 Å². The molecule has 56 heavy (non-hydrogen) atoms. The Labute approximate surface area is 333 Å². The van der Waals surface area contributed by atoms with Gasteiger partial charge < -0.3 is 0 Å². The molecule has 7 heteroatoms. The van der Waals surface area contributed by atoms with E-state index in [1.165, 1.54) is 4.70 Å². The molecule has 3 aromatic heterocycles. The molecule has 0 bridgehead atoms. The summed E-state index contributed by atoms with van der Waals surface area (Å²) in [7, 11) is 0. The molecule has 7 aromatic carbocycles. The van der Waals surface area contributed by atoms with E-state index in [0.717, 1.165) is 76.3 Å². The zero-order valence-corrected chi connectivity index (χ0v) is 31.6. The molecular weight excluding hydrogens is 723 g/mol.